The Morgan fingerprint density at radius 2 is 1.83 bits per heavy atom. The molecule has 0 saturated carbocycles. The Hall–Kier alpha value is -2.55. The first-order valence-electron chi connectivity index (χ1n) is 9.70. The Balaban J connectivity index is 1.47. The van der Waals surface area contributed by atoms with Crippen molar-refractivity contribution in [2.45, 2.75) is 25.6 Å². The summed E-state index contributed by atoms with van der Waals surface area (Å²) in [6, 6.07) is 7.96. The minimum atomic E-state index is -0.556. The molecule has 0 unspecified atom stereocenters. The van der Waals surface area contributed by atoms with Crippen LogP contribution in [0.1, 0.15) is 28.8 Å². The second-order valence-electron chi connectivity index (χ2n) is 7.48. The average Bonchev–Trinajstić information content (AvgIpc) is 3.37. The molecule has 1 amide bonds. The molecule has 4 heterocycles. The maximum atomic E-state index is 13.2. The molecule has 8 heteroatoms. The fourth-order valence-electron chi connectivity index (χ4n) is 3.97. The number of benzene rings is 1. The number of hydrogen-bond donors (Lipinski definition) is 0. The van der Waals surface area contributed by atoms with E-state index in [4.69, 9.17) is 9.47 Å². The normalized spacial score (nSPS) is 18.6. The maximum Gasteiger partial charge on any atom is 0.271 e. The largest absolute Gasteiger partial charge is 0.347 e. The number of hydrogen-bond acceptors (Lipinski definition) is 6. The molecule has 1 spiro atoms. The van der Waals surface area contributed by atoms with Gasteiger partial charge in [0, 0.05) is 37.5 Å². The molecule has 2 aliphatic rings. The van der Waals surface area contributed by atoms with Crippen LogP contribution in [0.5, 0.6) is 0 Å². The van der Waals surface area contributed by atoms with Crippen LogP contribution in [0.4, 0.5) is 0 Å². The predicted octanol–water partition coefficient (Wildman–Crippen LogP) is 2.71. The molecule has 0 aliphatic carbocycles. The van der Waals surface area contributed by atoms with Crippen LogP contribution < -0.4 is 5.56 Å². The Bertz CT molecular complexity index is 1120. The number of ether oxygens (including phenoxy) is 2. The van der Waals surface area contributed by atoms with Crippen molar-refractivity contribution in [1.82, 2.24) is 14.3 Å². The summed E-state index contributed by atoms with van der Waals surface area (Å²) in [6.45, 7) is 4.20. The van der Waals surface area contributed by atoms with E-state index >= 15 is 0 Å². The molecule has 2 fully saturated rings. The van der Waals surface area contributed by atoms with Gasteiger partial charge < -0.3 is 14.4 Å². The van der Waals surface area contributed by atoms with Crippen molar-refractivity contribution >= 4 is 22.2 Å². The van der Waals surface area contributed by atoms with Crippen LogP contribution in [-0.4, -0.2) is 52.3 Å². The molecule has 2 aliphatic heterocycles. The van der Waals surface area contributed by atoms with Gasteiger partial charge in [-0.25, -0.2) is 4.98 Å². The van der Waals surface area contributed by atoms with Crippen molar-refractivity contribution < 1.29 is 14.3 Å². The van der Waals surface area contributed by atoms with Gasteiger partial charge in [-0.15, -0.1) is 11.3 Å². The first kappa shape index (κ1) is 18.5. The number of piperidine rings is 1. The molecule has 0 N–H and O–H groups in total. The molecule has 0 bridgehead atoms. The minimum absolute atomic E-state index is 0.0958. The lowest BCUT2D eigenvalue weighted by molar-refractivity contribution is -0.181. The monoisotopic (exact) mass is 411 g/mol. The van der Waals surface area contributed by atoms with Gasteiger partial charge in [0.25, 0.3) is 11.5 Å². The number of carbonyl (C=O) groups is 1. The number of aromatic nitrogens is 2. The van der Waals surface area contributed by atoms with E-state index in [2.05, 4.69) is 4.98 Å². The van der Waals surface area contributed by atoms with E-state index in [1.807, 2.05) is 36.6 Å². The highest BCUT2D eigenvalue weighted by molar-refractivity contribution is 7.15. The Morgan fingerprint density at radius 1 is 1.14 bits per heavy atom. The third kappa shape index (κ3) is 3.17. The molecule has 0 radical (unpaired) electrons. The van der Waals surface area contributed by atoms with Gasteiger partial charge in [-0.1, -0.05) is 29.8 Å². The number of thiazole rings is 1. The number of rotatable bonds is 2. The molecule has 3 aromatic rings. The Morgan fingerprint density at radius 3 is 2.52 bits per heavy atom. The summed E-state index contributed by atoms with van der Waals surface area (Å²) in [6.07, 6.45) is 2.63. The fourth-order valence-corrected chi connectivity index (χ4v) is 4.83. The van der Waals surface area contributed by atoms with Crippen LogP contribution in [0.2, 0.25) is 0 Å². The second kappa shape index (κ2) is 7.05. The van der Waals surface area contributed by atoms with Crippen molar-refractivity contribution in [1.29, 1.82) is 0 Å². The summed E-state index contributed by atoms with van der Waals surface area (Å²) >= 11 is 1.39. The molecule has 2 aromatic heterocycles. The second-order valence-corrected chi connectivity index (χ2v) is 8.32. The first-order chi connectivity index (χ1) is 14.1. The van der Waals surface area contributed by atoms with Crippen LogP contribution in [0, 0.1) is 6.92 Å². The zero-order valence-electron chi connectivity index (χ0n) is 16.1. The summed E-state index contributed by atoms with van der Waals surface area (Å²) in [7, 11) is 0. The molecule has 1 aromatic carbocycles. The minimum Gasteiger partial charge on any atom is -0.347 e. The summed E-state index contributed by atoms with van der Waals surface area (Å²) in [4.78, 5) is 32.9. The van der Waals surface area contributed by atoms with Gasteiger partial charge in [-0.05, 0) is 12.5 Å². The number of nitrogens with zero attached hydrogens (tertiary/aromatic N) is 3. The third-order valence-corrected chi connectivity index (χ3v) is 6.49. The average molecular weight is 411 g/mol. The van der Waals surface area contributed by atoms with Gasteiger partial charge in [0.2, 0.25) is 0 Å². The number of carbonyl (C=O) groups excluding carboxylic acids is 1. The number of aryl methyl sites for hydroxylation is 1. The van der Waals surface area contributed by atoms with Gasteiger partial charge in [-0.3, -0.25) is 14.0 Å². The quantitative estimate of drug-likeness (QED) is 0.648. The zero-order valence-corrected chi connectivity index (χ0v) is 16.9. The molecule has 150 valence electrons. The van der Waals surface area contributed by atoms with Gasteiger partial charge in [0.15, 0.2) is 10.7 Å². The predicted molar refractivity (Wildman–Crippen MR) is 109 cm³/mol. The lowest BCUT2D eigenvalue weighted by atomic mass is 10.0. The highest BCUT2D eigenvalue weighted by Gasteiger charge is 2.41. The summed E-state index contributed by atoms with van der Waals surface area (Å²) in [5.41, 5.74) is 2.59. The standard InChI is InChI=1S/C21H21N3O4S/c1-14-2-4-15(5-3-14)17-13-29-20-22-12-16(19(26)24(17)20)18(25)23-8-6-21(7-9-23)27-10-11-28-21/h2-5,12-13H,6-11H2,1H3. The lowest BCUT2D eigenvalue weighted by Crippen LogP contribution is -2.48. The van der Waals surface area contributed by atoms with Crippen molar-refractivity contribution in [3.63, 3.8) is 0 Å². The highest BCUT2D eigenvalue weighted by atomic mass is 32.1. The van der Waals surface area contributed by atoms with Gasteiger partial charge in [0.1, 0.15) is 5.56 Å². The van der Waals surface area contributed by atoms with Crippen LogP contribution in [0.25, 0.3) is 16.2 Å². The summed E-state index contributed by atoms with van der Waals surface area (Å²) in [5.74, 6) is -0.842. The topological polar surface area (TPSA) is 73.1 Å². The van der Waals surface area contributed by atoms with Gasteiger partial charge in [-0.2, -0.15) is 0 Å². The molecule has 29 heavy (non-hydrogen) atoms. The van der Waals surface area contributed by atoms with E-state index in [0.29, 0.717) is 44.1 Å². The first-order valence-corrected chi connectivity index (χ1v) is 10.6. The van der Waals surface area contributed by atoms with Crippen molar-refractivity contribution in [2.75, 3.05) is 26.3 Å². The molecular formula is C21H21N3O4S. The van der Waals surface area contributed by atoms with E-state index in [9.17, 15) is 9.59 Å². The van der Waals surface area contributed by atoms with Crippen LogP contribution >= 0.6 is 11.3 Å². The fraction of sp³-hybridized carbons (Fsp3) is 0.381. The summed E-state index contributed by atoms with van der Waals surface area (Å²) in [5, 5.41) is 1.90. The van der Waals surface area contributed by atoms with Crippen molar-refractivity contribution in [2.24, 2.45) is 0 Å². The van der Waals surface area contributed by atoms with Crippen LogP contribution in [0.15, 0.2) is 40.6 Å². The Labute approximate surface area is 171 Å². The van der Waals surface area contributed by atoms with E-state index in [0.717, 1.165) is 16.8 Å². The highest BCUT2D eigenvalue weighted by Crippen LogP contribution is 2.31. The SMILES string of the molecule is Cc1ccc(-c2csc3ncc(C(=O)N4CCC5(CC4)OCCO5)c(=O)n23)cc1. The number of fused-ring (bicyclic) bond motifs is 1. The van der Waals surface area contributed by atoms with E-state index in [1.54, 1.807) is 4.90 Å². The smallest absolute Gasteiger partial charge is 0.271 e. The lowest BCUT2D eigenvalue weighted by Gasteiger charge is -2.37. The van der Waals surface area contributed by atoms with E-state index < -0.39 is 5.79 Å². The molecule has 0 atom stereocenters. The van der Waals surface area contributed by atoms with Crippen LogP contribution in [0.3, 0.4) is 0 Å². The summed E-state index contributed by atoms with van der Waals surface area (Å²) < 4.78 is 13.0. The van der Waals surface area contributed by atoms with E-state index in [1.165, 1.54) is 21.9 Å². The molecule has 2 saturated heterocycles. The maximum absolute atomic E-state index is 13.2. The molecule has 7 nitrogen and oxygen atoms in total. The Kier molecular flexibility index (Phi) is 4.49. The van der Waals surface area contributed by atoms with Gasteiger partial charge in [0.05, 0.1) is 18.9 Å². The van der Waals surface area contributed by atoms with Gasteiger partial charge >= 0.3 is 0 Å². The number of likely N-dealkylation sites (tertiary alicyclic amines) is 1. The van der Waals surface area contributed by atoms with Crippen molar-refractivity contribution in [3.8, 4) is 11.3 Å². The molecular weight excluding hydrogens is 390 g/mol. The van der Waals surface area contributed by atoms with Crippen molar-refractivity contribution in [3.05, 3.63) is 57.3 Å². The van der Waals surface area contributed by atoms with Crippen LogP contribution in [-0.2, 0) is 9.47 Å². The van der Waals surface area contributed by atoms with E-state index in [-0.39, 0.29) is 17.0 Å². The third-order valence-electron chi connectivity index (χ3n) is 5.65. The molecule has 5 rings (SSSR count). The zero-order chi connectivity index (χ0) is 20.0. The number of amides is 1.